The van der Waals surface area contributed by atoms with Crippen LogP contribution in [0.1, 0.15) is 121 Å². The lowest BCUT2D eigenvalue weighted by atomic mass is 9.93. The van der Waals surface area contributed by atoms with Gasteiger partial charge in [0, 0.05) is 12.1 Å². The average molecular weight is 459 g/mol. The first-order valence-electron chi connectivity index (χ1n) is 12.6. The van der Waals surface area contributed by atoms with E-state index in [9.17, 15) is 14.4 Å². The Hall–Kier alpha value is -2.41. The van der Waals surface area contributed by atoms with Crippen molar-refractivity contribution >= 4 is 23.4 Å². The van der Waals surface area contributed by atoms with Crippen LogP contribution in [-0.4, -0.2) is 36.5 Å². The molecule has 4 N–H and O–H groups in total. The average Bonchev–Trinajstić information content (AvgIpc) is 2.82. The summed E-state index contributed by atoms with van der Waals surface area (Å²) in [6, 6.07) is 3.01. The van der Waals surface area contributed by atoms with Crippen molar-refractivity contribution < 1.29 is 23.9 Å². The van der Waals surface area contributed by atoms with Crippen molar-refractivity contribution in [3.05, 3.63) is 28.8 Å². The van der Waals surface area contributed by atoms with E-state index in [0.717, 1.165) is 77.0 Å². The van der Waals surface area contributed by atoms with E-state index in [0.29, 0.717) is 13.0 Å². The molecule has 2 aliphatic rings. The summed E-state index contributed by atoms with van der Waals surface area (Å²) in [6.07, 6.45) is 11.6. The van der Waals surface area contributed by atoms with Crippen molar-refractivity contribution in [2.45, 2.75) is 102 Å². The number of benzene rings is 1. The zero-order valence-corrected chi connectivity index (χ0v) is 19.6. The lowest BCUT2D eigenvalue weighted by Gasteiger charge is -2.24. The molecule has 0 aromatic heterocycles. The van der Waals surface area contributed by atoms with Crippen molar-refractivity contribution in [2.75, 3.05) is 12.3 Å². The number of carbonyl (C=O) groups is 3. The molecule has 0 amide bonds. The van der Waals surface area contributed by atoms with Gasteiger partial charge >= 0.3 is 11.9 Å². The number of ketones is 1. The van der Waals surface area contributed by atoms with Gasteiger partial charge in [-0.1, -0.05) is 19.3 Å². The molecule has 0 spiro atoms. The Balaban J connectivity index is 1.88. The maximum absolute atomic E-state index is 13.3. The number of nitrogen functional groups attached to an aromatic ring is 1. The van der Waals surface area contributed by atoms with E-state index >= 15 is 0 Å². The summed E-state index contributed by atoms with van der Waals surface area (Å²) in [5.74, 6) is -1.50. The molecule has 33 heavy (non-hydrogen) atoms. The second-order valence-electron chi connectivity index (χ2n) is 9.31. The van der Waals surface area contributed by atoms with Gasteiger partial charge in [0.2, 0.25) is 0 Å². The Bertz CT molecular complexity index is 826. The molecular weight excluding hydrogens is 420 g/mol. The van der Waals surface area contributed by atoms with Gasteiger partial charge in [0.15, 0.2) is 5.78 Å². The normalized spacial score (nSPS) is 17.5. The van der Waals surface area contributed by atoms with Crippen LogP contribution in [-0.2, 0) is 9.47 Å². The first-order valence-corrected chi connectivity index (χ1v) is 12.6. The molecule has 3 rings (SSSR count). The molecule has 0 radical (unpaired) electrons. The summed E-state index contributed by atoms with van der Waals surface area (Å²) < 4.78 is 11.5. The zero-order valence-electron chi connectivity index (χ0n) is 19.6. The topological polar surface area (TPSA) is 122 Å². The Labute approximate surface area is 196 Å². The number of anilines is 1. The Morgan fingerprint density at radius 3 is 1.91 bits per heavy atom. The molecule has 2 aliphatic carbocycles. The highest BCUT2D eigenvalue weighted by atomic mass is 16.5. The summed E-state index contributed by atoms with van der Waals surface area (Å²) in [5, 5.41) is 0. The fourth-order valence-corrected chi connectivity index (χ4v) is 4.82. The van der Waals surface area contributed by atoms with E-state index in [4.69, 9.17) is 20.9 Å². The van der Waals surface area contributed by atoms with Gasteiger partial charge in [0.1, 0.15) is 12.2 Å². The smallest absolute Gasteiger partial charge is 0.340 e. The molecule has 2 fully saturated rings. The van der Waals surface area contributed by atoms with Gasteiger partial charge in [-0.15, -0.1) is 0 Å². The van der Waals surface area contributed by atoms with E-state index in [1.54, 1.807) is 0 Å². The van der Waals surface area contributed by atoms with Crippen molar-refractivity contribution in [3.8, 4) is 0 Å². The number of nitrogens with two attached hydrogens (primary N) is 2. The Morgan fingerprint density at radius 2 is 1.33 bits per heavy atom. The summed E-state index contributed by atoms with van der Waals surface area (Å²) in [5.41, 5.74) is 12.0. The highest BCUT2D eigenvalue weighted by Gasteiger charge is 2.31. The predicted molar refractivity (Wildman–Crippen MR) is 127 cm³/mol. The van der Waals surface area contributed by atoms with E-state index in [1.165, 1.54) is 12.1 Å². The number of hydrogen-bond donors (Lipinski definition) is 2. The maximum atomic E-state index is 13.3. The van der Waals surface area contributed by atoms with Gasteiger partial charge in [-0.2, -0.15) is 0 Å². The highest BCUT2D eigenvalue weighted by Crippen LogP contribution is 2.29. The van der Waals surface area contributed by atoms with Gasteiger partial charge in [0.05, 0.1) is 16.7 Å². The number of ether oxygens (including phenoxy) is 2. The van der Waals surface area contributed by atoms with Crippen LogP contribution in [0.25, 0.3) is 0 Å². The van der Waals surface area contributed by atoms with Crippen LogP contribution in [0, 0.1) is 0 Å². The van der Waals surface area contributed by atoms with E-state index in [1.807, 2.05) is 0 Å². The van der Waals surface area contributed by atoms with Crippen molar-refractivity contribution in [1.29, 1.82) is 0 Å². The van der Waals surface area contributed by atoms with Crippen molar-refractivity contribution in [3.63, 3.8) is 0 Å². The molecule has 7 nitrogen and oxygen atoms in total. The molecule has 0 bridgehead atoms. The third-order valence-electron chi connectivity index (χ3n) is 6.70. The van der Waals surface area contributed by atoms with E-state index < -0.39 is 11.9 Å². The van der Waals surface area contributed by atoms with Gasteiger partial charge < -0.3 is 20.9 Å². The minimum Gasteiger partial charge on any atom is -0.459 e. The summed E-state index contributed by atoms with van der Waals surface area (Å²) in [6.45, 7) is 0.567. The van der Waals surface area contributed by atoms with Crippen molar-refractivity contribution in [2.24, 2.45) is 5.73 Å². The third-order valence-corrected chi connectivity index (χ3v) is 6.70. The molecule has 0 saturated heterocycles. The standard InChI is InChI=1S/C26H38N2O5/c27-17-9-3-8-14-22(29)24-21(28)16-15-20(25(30)32-18-10-4-1-5-11-18)23(24)26(31)33-19-12-6-2-7-13-19/h15-16,18-19H,1-14,17,27-28H2. The quantitative estimate of drug-likeness (QED) is 0.220. The molecule has 0 atom stereocenters. The van der Waals surface area contributed by atoms with Gasteiger partial charge in [-0.25, -0.2) is 9.59 Å². The maximum Gasteiger partial charge on any atom is 0.340 e. The number of unbranched alkanes of at least 4 members (excludes halogenated alkanes) is 2. The molecule has 2 saturated carbocycles. The third kappa shape index (κ3) is 7.03. The number of carbonyl (C=O) groups excluding carboxylic acids is 3. The van der Waals surface area contributed by atoms with Crippen LogP contribution < -0.4 is 11.5 Å². The summed E-state index contributed by atoms with van der Waals surface area (Å²) in [4.78, 5) is 39.6. The molecule has 0 aliphatic heterocycles. The second-order valence-corrected chi connectivity index (χ2v) is 9.31. The van der Waals surface area contributed by atoms with Crippen LogP contribution >= 0.6 is 0 Å². The second kappa shape index (κ2) is 12.7. The minimum atomic E-state index is -0.657. The SMILES string of the molecule is NCCCCCC(=O)c1c(N)ccc(C(=O)OC2CCCCC2)c1C(=O)OC1CCCCC1. The first-order chi connectivity index (χ1) is 16.0. The monoisotopic (exact) mass is 458 g/mol. The molecule has 1 aromatic carbocycles. The molecule has 1 aromatic rings. The lowest BCUT2D eigenvalue weighted by Crippen LogP contribution is -2.27. The first kappa shape index (κ1) is 25.2. The number of rotatable bonds is 10. The Kier molecular flexibility index (Phi) is 9.73. The molecular formula is C26H38N2O5. The van der Waals surface area contributed by atoms with Crippen LogP contribution in [0.4, 0.5) is 5.69 Å². The number of hydrogen-bond acceptors (Lipinski definition) is 7. The van der Waals surface area contributed by atoms with Crippen LogP contribution in [0.2, 0.25) is 0 Å². The lowest BCUT2D eigenvalue weighted by molar-refractivity contribution is 0.0163. The van der Waals surface area contributed by atoms with Crippen LogP contribution in [0.15, 0.2) is 12.1 Å². The molecule has 182 valence electrons. The Morgan fingerprint density at radius 1 is 0.758 bits per heavy atom. The fourth-order valence-electron chi connectivity index (χ4n) is 4.82. The van der Waals surface area contributed by atoms with Gasteiger partial charge in [0.25, 0.3) is 0 Å². The van der Waals surface area contributed by atoms with Gasteiger partial charge in [-0.05, 0) is 82.9 Å². The molecule has 0 unspecified atom stereocenters. The number of esters is 2. The summed E-state index contributed by atoms with van der Waals surface area (Å²) >= 11 is 0. The predicted octanol–water partition coefficient (Wildman–Crippen LogP) is 4.95. The molecule has 0 heterocycles. The fraction of sp³-hybridized carbons (Fsp3) is 0.654. The van der Waals surface area contributed by atoms with E-state index in [2.05, 4.69) is 0 Å². The van der Waals surface area contributed by atoms with Gasteiger partial charge in [-0.3, -0.25) is 4.79 Å². The minimum absolute atomic E-state index is 0.0368. The van der Waals surface area contributed by atoms with E-state index in [-0.39, 0.29) is 46.8 Å². The van der Waals surface area contributed by atoms with Crippen LogP contribution in [0.3, 0.4) is 0 Å². The number of Topliss-reactive ketones (excluding diaryl/α,β-unsaturated/α-hetero) is 1. The van der Waals surface area contributed by atoms with Crippen molar-refractivity contribution in [1.82, 2.24) is 0 Å². The zero-order chi connectivity index (χ0) is 23.6. The summed E-state index contributed by atoms with van der Waals surface area (Å²) in [7, 11) is 0. The highest BCUT2D eigenvalue weighted by molar-refractivity contribution is 6.14. The van der Waals surface area contributed by atoms with Crippen LogP contribution in [0.5, 0.6) is 0 Å². The molecule has 7 heteroatoms. The largest absolute Gasteiger partial charge is 0.459 e.